The van der Waals surface area contributed by atoms with Crippen molar-refractivity contribution in [2.75, 3.05) is 6.61 Å². The fourth-order valence-corrected chi connectivity index (χ4v) is 4.33. The van der Waals surface area contributed by atoms with Gasteiger partial charge in [-0.3, -0.25) is 4.57 Å². The molecule has 0 radical (unpaired) electrons. The number of ether oxygens (including phenoxy) is 2. The Kier molecular flexibility index (Phi) is 7.21. The highest BCUT2D eigenvalue weighted by Crippen LogP contribution is 2.38. The van der Waals surface area contributed by atoms with Crippen LogP contribution in [-0.4, -0.2) is 76.4 Å². The van der Waals surface area contributed by atoms with E-state index < -0.39 is 66.6 Å². The molecule has 1 aliphatic rings. The van der Waals surface area contributed by atoms with Gasteiger partial charge in [-0.1, -0.05) is 5.21 Å². The van der Waals surface area contributed by atoms with Gasteiger partial charge in [0.1, 0.15) is 48.2 Å². The Morgan fingerprint density at radius 3 is 2.27 bits per heavy atom. The minimum absolute atomic E-state index is 0.0460. The van der Waals surface area contributed by atoms with Crippen molar-refractivity contribution in [3.63, 3.8) is 0 Å². The minimum atomic E-state index is -4.89. The monoisotopic (exact) mass is 572 g/mol. The summed E-state index contributed by atoms with van der Waals surface area (Å²) in [5.74, 6) is -5.13. The van der Waals surface area contributed by atoms with Crippen LogP contribution in [0.3, 0.4) is 0 Å². The summed E-state index contributed by atoms with van der Waals surface area (Å²) in [6.07, 6.45) is -8.41. The van der Waals surface area contributed by atoms with Gasteiger partial charge in [0.05, 0.1) is 12.8 Å². The third kappa shape index (κ3) is 5.23. The SMILES string of the molecule is OC[C@H]1O[C@@H](c2nncn2-c2ccc(OC(F)(F)F)cc2)[C@H](O)[C@@H](n2cc(-c3cc(F)c(F)c(F)c3)nn2)[C@H]1O. The molecule has 17 heteroatoms. The van der Waals surface area contributed by atoms with Crippen molar-refractivity contribution in [3.8, 4) is 22.7 Å². The molecule has 4 aromatic rings. The van der Waals surface area contributed by atoms with Crippen LogP contribution in [0.1, 0.15) is 18.0 Å². The molecule has 0 saturated carbocycles. The number of nitrogens with zero attached hydrogens (tertiary/aromatic N) is 6. The Morgan fingerprint density at radius 1 is 0.975 bits per heavy atom. The van der Waals surface area contributed by atoms with Gasteiger partial charge in [-0.2, -0.15) is 0 Å². The Hall–Kier alpha value is -4.06. The van der Waals surface area contributed by atoms with E-state index in [0.29, 0.717) is 12.1 Å². The maximum atomic E-state index is 13.7. The number of aliphatic hydroxyl groups is 3. The van der Waals surface area contributed by atoms with Crippen LogP contribution >= 0.6 is 0 Å². The van der Waals surface area contributed by atoms with E-state index in [9.17, 15) is 41.7 Å². The average molecular weight is 572 g/mol. The first-order chi connectivity index (χ1) is 19.0. The molecule has 0 unspecified atom stereocenters. The van der Waals surface area contributed by atoms with Crippen LogP contribution in [0.4, 0.5) is 26.3 Å². The summed E-state index contributed by atoms with van der Waals surface area (Å²) in [6, 6.07) is 4.66. The fourth-order valence-electron chi connectivity index (χ4n) is 4.33. The normalized spacial score (nSPS) is 23.4. The van der Waals surface area contributed by atoms with E-state index in [1.807, 2.05) is 0 Å². The first-order valence-corrected chi connectivity index (χ1v) is 11.4. The van der Waals surface area contributed by atoms with Crippen LogP contribution in [0.2, 0.25) is 0 Å². The molecule has 5 rings (SSSR count). The molecule has 212 valence electrons. The molecule has 0 aliphatic carbocycles. The van der Waals surface area contributed by atoms with Crippen molar-refractivity contribution in [2.24, 2.45) is 0 Å². The Labute approximate surface area is 219 Å². The highest BCUT2D eigenvalue weighted by atomic mass is 19.4. The van der Waals surface area contributed by atoms with E-state index in [-0.39, 0.29) is 22.8 Å². The van der Waals surface area contributed by atoms with Crippen LogP contribution in [0.5, 0.6) is 5.75 Å². The largest absolute Gasteiger partial charge is 0.573 e. The van der Waals surface area contributed by atoms with Crippen molar-refractivity contribution < 1.29 is 51.1 Å². The quantitative estimate of drug-likeness (QED) is 0.234. The average Bonchev–Trinajstić information content (AvgIpc) is 3.57. The molecular formula is C23H18F6N6O5. The second-order valence-corrected chi connectivity index (χ2v) is 8.69. The van der Waals surface area contributed by atoms with Crippen molar-refractivity contribution in [1.82, 2.24) is 29.8 Å². The molecule has 5 atom stereocenters. The summed E-state index contributed by atoms with van der Waals surface area (Å²) in [6.45, 7) is -0.714. The van der Waals surface area contributed by atoms with Gasteiger partial charge in [0.15, 0.2) is 23.3 Å². The molecule has 1 aliphatic heterocycles. The van der Waals surface area contributed by atoms with E-state index >= 15 is 0 Å². The standard InChI is InChI=1S/C23H18F6N6O5/c24-13-5-10(6-14(25)17(13)26)15-7-35(33-31-15)18-19(37)16(8-36)39-21(20(18)38)22-32-30-9-34(22)11-1-3-12(4-2-11)40-23(27,28)29/h1-7,9,16,18-21,36-38H,8H2/t16-,18+,19+,20-,21-/m1/s1. The predicted octanol–water partition coefficient (Wildman–Crippen LogP) is 2.24. The van der Waals surface area contributed by atoms with Crippen LogP contribution in [-0.2, 0) is 4.74 Å². The lowest BCUT2D eigenvalue weighted by molar-refractivity contribution is -0.274. The smallest absolute Gasteiger partial charge is 0.406 e. The Balaban J connectivity index is 1.46. The van der Waals surface area contributed by atoms with Crippen molar-refractivity contribution in [3.05, 3.63) is 72.2 Å². The van der Waals surface area contributed by atoms with E-state index in [0.717, 1.165) is 23.0 Å². The van der Waals surface area contributed by atoms with Crippen LogP contribution in [0, 0.1) is 17.5 Å². The molecule has 11 nitrogen and oxygen atoms in total. The zero-order valence-electron chi connectivity index (χ0n) is 19.8. The summed E-state index contributed by atoms with van der Waals surface area (Å²) in [5.41, 5.74) is -0.0336. The number of aliphatic hydroxyl groups excluding tert-OH is 3. The van der Waals surface area contributed by atoms with Gasteiger partial charge >= 0.3 is 6.36 Å². The molecule has 0 spiro atoms. The van der Waals surface area contributed by atoms with Gasteiger partial charge in [-0.15, -0.1) is 28.5 Å². The molecule has 3 heterocycles. The number of aromatic nitrogens is 6. The molecule has 2 aromatic heterocycles. The third-order valence-electron chi connectivity index (χ3n) is 6.16. The Bertz CT molecular complexity index is 1470. The highest BCUT2D eigenvalue weighted by Gasteiger charge is 2.48. The second-order valence-electron chi connectivity index (χ2n) is 8.69. The van der Waals surface area contributed by atoms with Gasteiger partial charge in [0.25, 0.3) is 0 Å². The fraction of sp³-hybridized carbons (Fsp3) is 0.304. The summed E-state index contributed by atoms with van der Waals surface area (Å²) >= 11 is 0. The number of rotatable bonds is 6. The zero-order valence-corrected chi connectivity index (χ0v) is 19.8. The molecule has 0 amide bonds. The number of hydrogen-bond acceptors (Lipinski definition) is 9. The maximum absolute atomic E-state index is 13.7. The minimum Gasteiger partial charge on any atom is -0.406 e. The van der Waals surface area contributed by atoms with Gasteiger partial charge in [0, 0.05) is 11.3 Å². The Morgan fingerprint density at radius 2 is 1.65 bits per heavy atom. The first-order valence-electron chi connectivity index (χ1n) is 11.4. The number of halogens is 6. The predicted molar refractivity (Wildman–Crippen MR) is 119 cm³/mol. The highest BCUT2D eigenvalue weighted by molar-refractivity contribution is 5.58. The maximum Gasteiger partial charge on any atom is 0.573 e. The molecule has 0 bridgehead atoms. The van der Waals surface area contributed by atoms with Crippen LogP contribution < -0.4 is 4.74 Å². The molecule has 1 saturated heterocycles. The van der Waals surface area contributed by atoms with Crippen molar-refractivity contribution in [2.45, 2.75) is 36.8 Å². The topological polar surface area (TPSA) is 141 Å². The summed E-state index contributed by atoms with van der Waals surface area (Å²) in [5, 5.41) is 47.2. The van der Waals surface area contributed by atoms with Crippen molar-refractivity contribution >= 4 is 0 Å². The summed E-state index contributed by atoms with van der Waals surface area (Å²) in [7, 11) is 0. The van der Waals surface area contributed by atoms with Gasteiger partial charge in [0.2, 0.25) is 0 Å². The van der Waals surface area contributed by atoms with Crippen LogP contribution in [0.15, 0.2) is 48.9 Å². The van der Waals surface area contributed by atoms with E-state index in [2.05, 4.69) is 25.2 Å². The number of hydrogen-bond donors (Lipinski definition) is 3. The van der Waals surface area contributed by atoms with Gasteiger partial charge < -0.3 is 24.8 Å². The molecule has 3 N–H and O–H groups in total. The lowest BCUT2D eigenvalue weighted by Crippen LogP contribution is -2.53. The van der Waals surface area contributed by atoms with Gasteiger partial charge in [-0.25, -0.2) is 17.9 Å². The summed E-state index contributed by atoms with van der Waals surface area (Å²) in [4.78, 5) is 0. The van der Waals surface area contributed by atoms with E-state index in [1.165, 1.54) is 23.0 Å². The summed E-state index contributed by atoms with van der Waals surface area (Å²) < 4.78 is 90.2. The van der Waals surface area contributed by atoms with Gasteiger partial charge in [-0.05, 0) is 36.4 Å². The molecule has 2 aromatic carbocycles. The number of benzene rings is 2. The van der Waals surface area contributed by atoms with Crippen molar-refractivity contribution in [1.29, 1.82) is 0 Å². The number of alkyl halides is 3. The lowest BCUT2D eigenvalue weighted by atomic mass is 9.92. The lowest BCUT2D eigenvalue weighted by Gasteiger charge is -2.41. The third-order valence-corrected chi connectivity index (χ3v) is 6.16. The second kappa shape index (κ2) is 10.5. The zero-order chi connectivity index (χ0) is 28.8. The molecule has 40 heavy (non-hydrogen) atoms. The first kappa shape index (κ1) is 27.5. The van der Waals surface area contributed by atoms with E-state index in [4.69, 9.17) is 4.74 Å². The molecule has 1 fully saturated rings. The van der Waals surface area contributed by atoms with Crippen LogP contribution in [0.25, 0.3) is 16.9 Å². The molecular weight excluding hydrogens is 554 g/mol. The van der Waals surface area contributed by atoms with E-state index in [1.54, 1.807) is 0 Å².